The first kappa shape index (κ1) is 16.5. The minimum atomic E-state index is -0.915. The minimum absolute atomic E-state index is 0.248. The lowest BCUT2D eigenvalue weighted by Gasteiger charge is -2.31. The summed E-state index contributed by atoms with van der Waals surface area (Å²) in [5, 5.41) is 10.1. The summed E-state index contributed by atoms with van der Waals surface area (Å²) in [5.41, 5.74) is 3.66. The van der Waals surface area contributed by atoms with Gasteiger partial charge in [0, 0.05) is 24.0 Å². The Kier molecular flexibility index (Phi) is 4.48. The first-order valence-electron chi connectivity index (χ1n) is 9.02. The average molecular weight is 346 g/mol. The Morgan fingerprint density at radius 2 is 1.85 bits per heavy atom. The first-order chi connectivity index (χ1) is 12.7. The maximum absolute atomic E-state index is 11.1. The average Bonchev–Trinajstić information content (AvgIpc) is 3.11. The minimum Gasteiger partial charge on any atom is -0.477 e. The lowest BCUT2D eigenvalue weighted by molar-refractivity contribution is 0.0691. The highest BCUT2D eigenvalue weighted by Crippen LogP contribution is 2.30. The van der Waals surface area contributed by atoms with Crippen molar-refractivity contribution in [1.82, 2.24) is 9.88 Å². The third-order valence-corrected chi connectivity index (χ3v) is 5.15. The summed E-state index contributed by atoms with van der Waals surface area (Å²) in [7, 11) is 0. The van der Waals surface area contributed by atoms with Crippen LogP contribution in [0.3, 0.4) is 0 Å². The van der Waals surface area contributed by atoms with E-state index in [0.29, 0.717) is 5.92 Å². The van der Waals surface area contributed by atoms with E-state index < -0.39 is 5.97 Å². The van der Waals surface area contributed by atoms with Crippen LogP contribution in [0.1, 0.15) is 40.4 Å². The van der Waals surface area contributed by atoms with Gasteiger partial charge in [-0.05, 0) is 60.4 Å². The van der Waals surface area contributed by atoms with Crippen LogP contribution in [0.25, 0.3) is 17.0 Å². The number of benzene rings is 2. The summed E-state index contributed by atoms with van der Waals surface area (Å²) in [4.78, 5) is 16.4. The molecule has 0 amide bonds. The standard InChI is InChI=1S/C22H22N2O2/c25-22(26)21-15-19-14-18(6-7-20(19)23-21)17-9-12-24(13-10-17)11-8-16-4-2-1-3-5-16/h1-8,11,14-15,17,23H,9-10,12-13H2,(H,25,26). The number of carboxylic acid groups (broad SMARTS) is 1. The lowest BCUT2D eigenvalue weighted by atomic mass is 9.89. The number of nitrogens with zero attached hydrogens (tertiary/aromatic N) is 1. The van der Waals surface area contributed by atoms with Gasteiger partial charge < -0.3 is 15.0 Å². The third kappa shape index (κ3) is 3.49. The molecule has 132 valence electrons. The number of carboxylic acids is 1. The van der Waals surface area contributed by atoms with E-state index in [9.17, 15) is 4.79 Å². The van der Waals surface area contributed by atoms with E-state index >= 15 is 0 Å². The van der Waals surface area contributed by atoms with Crippen LogP contribution in [0.15, 0.2) is 60.8 Å². The van der Waals surface area contributed by atoms with E-state index in [1.165, 1.54) is 11.1 Å². The Morgan fingerprint density at radius 1 is 1.08 bits per heavy atom. The fraction of sp³-hybridized carbons (Fsp3) is 0.227. The summed E-state index contributed by atoms with van der Waals surface area (Å²) >= 11 is 0. The zero-order valence-electron chi connectivity index (χ0n) is 14.6. The van der Waals surface area contributed by atoms with Gasteiger partial charge in [0.1, 0.15) is 5.69 Å². The molecule has 0 aliphatic carbocycles. The summed E-state index contributed by atoms with van der Waals surface area (Å²) in [6, 6.07) is 18.4. The number of likely N-dealkylation sites (tertiary alicyclic amines) is 1. The van der Waals surface area contributed by atoms with Gasteiger partial charge in [-0.25, -0.2) is 4.79 Å². The molecule has 4 nitrogen and oxygen atoms in total. The van der Waals surface area contributed by atoms with E-state index in [1.807, 2.05) is 12.1 Å². The molecule has 1 aromatic heterocycles. The van der Waals surface area contributed by atoms with Crippen LogP contribution in [-0.4, -0.2) is 34.0 Å². The fourth-order valence-electron chi connectivity index (χ4n) is 3.66. The van der Waals surface area contributed by atoms with Crippen LogP contribution in [0.5, 0.6) is 0 Å². The highest BCUT2D eigenvalue weighted by molar-refractivity contribution is 5.93. The number of piperidine rings is 1. The molecule has 1 aliphatic heterocycles. The topological polar surface area (TPSA) is 56.3 Å². The Bertz CT molecular complexity index is 935. The molecule has 0 unspecified atom stereocenters. The summed E-state index contributed by atoms with van der Waals surface area (Å²) in [6.45, 7) is 2.08. The van der Waals surface area contributed by atoms with Gasteiger partial charge in [0.05, 0.1) is 0 Å². The van der Waals surface area contributed by atoms with Crippen molar-refractivity contribution in [2.24, 2.45) is 0 Å². The van der Waals surface area contributed by atoms with Crippen LogP contribution in [-0.2, 0) is 0 Å². The van der Waals surface area contributed by atoms with Gasteiger partial charge in [-0.2, -0.15) is 0 Å². The molecule has 4 rings (SSSR count). The van der Waals surface area contributed by atoms with Gasteiger partial charge in [-0.1, -0.05) is 36.4 Å². The predicted molar refractivity (Wildman–Crippen MR) is 104 cm³/mol. The Morgan fingerprint density at radius 3 is 2.58 bits per heavy atom. The molecule has 1 aliphatic rings. The van der Waals surface area contributed by atoms with Crippen molar-refractivity contribution in [1.29, 1.82) is 0 Å². The second-order valence-electron chi connectivity index (χ2n) is 6.87. The number of rotatable bonds is 4. The van der Waals surface area contributed by atoms with Crippen LogP contribution in [0, 0.1) is 0 Å². The van der Waals surface area contributed by atoms with Gasteiger partial charge in [0.15, 0.2) is 0 Å². The third-order valence-electron chi connectivity index (χ3n) is 5.15. The molecular weight excluding hydrogens is 324 g/mol. The highest BCUT2D eigenvalue weighted by atomic mass is 16.4. The highest BCUT2D eigenvalue weighted by Gasteiger charge is 2.19. The number of nitrogens with one attached hydrogen (secondary N) is 1. The SMILES string of the molecule is O=C(O)c1cc2cc(C3CCN(C=Cc4ccccc4)CC3)ccc2[nH]1. The number of aromatic carboxylic acids is 1. The molecule has 2 aromatic carbocycles. The van der Waals surface area contributed by atoms with Crippen LogP contribution in [0.2, 0.25) is 0 Å². The van der Waals surface area contributed by atoms with Gasteiger partial charge in [-0.3, -0.25) is 0 Å². The first-order valence-corrected chi connectivity index (χ1v) is 9.02. The van der Waals surface area contributed by atoms with Crippen molar-refractivity contribution in [3.63, 3.8) is 0 Å². The number of H-pyrrole nitrogens is 1. The number of fused-ring (bicyclic) bond motifs is 1. The maximum atomic E-state index is 11.1. The summed E-state index contributed by atoms with van der Waals surface area (Å²) in [5.74, 6) is -0.384. The fourth-order valence-corrected chi connectivity index (χ4v) is 3.66. The Hall–Kier alpha value is -3.01. The molecule has 4 heteroatoms. The van der Waals surface area contributed by atoms with Crippen LogP contribution < -0.4 is 0 Å². The molecule has 1 fully saturated rings. The zero-order chi connectivity index (χ0) is 17.9. The number of aromatic nitrogens is 1. The molecule has 2 N–H and O–H groups in total. The normalized spacial score (nSPS) is 15.8. The van der Waals surface area contributed by atoms with E-state index in [2.05, 4.69) is 58.6 Å². The summed E-state index contributed by atoms with van der Waals surface area (Å²) in [6.07, 6.45) is 6.58. The number of hydrogen-bond donors (Lipinski definition) is 2. The van der Waals surface area contributed by atoms with E-state index in [-0.39, 0.29) is 5.69 Å². The molecule has 0 spiro atoms. The second-order valence-corrected chi connectivity index (χ2v) is 6.87. The van der Waals surface area contributed by atoms with Gasteiger partial charge in [0.25, 0.3) is 0 Å². The molecule has 1 saturated heterocycles. The molecule has 3 aromatic rings. The predicted octanol–water partition coefficient (Wildman–Crippen LogP) is 4.72. The van der Waals surface area contributed by atoms with Crippen molar-refractivity contribution in [3.8, 4) is 0 Å². The summed E-state index contributed by atoms with van der Waals surface area (Å²) < 4.78 is 0. The van der Waals surface area contributed by atoms with Crippen molar-refractivity contribution in [2.45, 2.75) is 18.8 Å². The Balaban J connectivity index is 1.42. The van der Waals surface area contributed by atoms with E-state index in [4.69, 9.17) is 5.11 Å². The number of carbonyl (C=O) groups is 1. The second kappa shape index (κ2) is 7.08. The van der Waals surface area contributed by atoms with E-state index in [0.717, 1.165) is 36.8 Å². The van der Waals surface area contributed by atoms with Gasteiger partial charge >= 0.3 is 5.97 Å². The van der Waals surface area contributed by atoms with Crippen molar-refractivity contribution in [3.05, 3.63) is 77.6 Å². The van der Waals surface area contributed by atoms with Gasteiger partial charge in [-0.15, -0.1) is 0 Å². The zero-order valence-corrected chi connectivity index (χ0v) is 14.6. The quantitative estimate of drug-likeness (QED) is 0.719. The van der Waals surface area contributed by atoms with Crippen LogP contribution >= 0.6 is 0 Å². The lowest BCUT2D eigenvalue weighted by Crippen LogP contribution is -2.28. The van der Waals surface area contributed by atoms with Gasteiger partial charge in [0.2, 0.25) is 0 Å². The number of hydrogen-bond acceptors (Lipinski definition) is 2. The maximum Gasteiger partial charge on any atom is 0.352 e. The monoisotopic (exact) mass is 346 g/mol. The molecule has 0 bridgehead atoms. The van der Waals surface area contributed by atoms with E-state index in [1.54, 1.807) is 6.07 Å². The molecular formula is C22H22N2O2. The molecule has 0 atom stereocenters. The molecule has 0 saturated carbocycles. The largest absolute Gasteiger partial charge is 0.477 e. The smallest absolute Gasteiger partial charge is 0.352 e. The van der Waals surface area contributed by atoms with Crippen LogP contribution in [0.4, 0.5) is 0 Å². The van der Waals surface area contributed by atoms with Crippen molar-refractivity contribution >= 4 is 22.9 Å². The Labute approximate surface area is 152 Å². The molecule has 2 heterocycles. The number of aromatic amines is 1. The molecule has 26 heavy (non-hydrogen) atoms. The van der Waals surface area contributed by atoms with Crippen molar-refractivity contribution in [2.75, 3.05) is 13.1 Å². The van der Waals surface area contributed by atoms with Crippen molar-refractivity contribution < 1.29 is 9.90 Å². The molecule has 0 radical (unpaired) electrons.